The van der Waals surface area contributed by atoms with Crippen LogP contribution < -0.4 is 5.32 Å². The van der Waals surface area contributed by atoms with Gasteiger partial charge in [-0.05, 0) is 62.8 Å². The molecule has 2 amide bonds. The Hall–Kier alpha value is -2.76. The van der Waals surface area contributed by atoms with Crippen LogP contribution >= 0.6 is 0 Å². The van der Waals surface area contributed by atoms with E-state index in [0.29, 0.717) is 30.3 Å². The van der Waals surface area contributed by atoms with E-state index in [1.165, 1.54) is 0 Å². The summed E-state index contributed by atoms with van der Waals surface area (Å²) in [6.45, 7) is 5.07. The quantitative estimate of drug-likeness (QED) is 0.888. The largest absolute Gasteiger partial charge is 0.350 e. The van der Waals surface area contributed by atoms with Crippen molar-refractivity contribution >= 4 is 11.8 Å². The fourth-order valence-corrected chi connectivity index (χ4v) is 4.81. The van der Waals surface area contributed by atoms with Gasteiger partial charge in [0.25, 0.3) is 11.8 Å². The number of amides is 2. The summed E-state index contributed by atoms with van der Waals surface area (Å²) in [4.78, 5) is 27.9. The smallest absolute Gasteiger partial charge is 0.275 e. The topological polar surface area (TPSA) is 75.2 Å². The van der Waals surface area contributed by atoms with E-state index in [4.69, 9.17) is 0 Å². The minimum Gasteiger partial charge on any atom is -0.350 e. The highest BCUT2D eigenvalue weighted by Crippen LogP contribution is 2.47. The highest BCUT2D eigenvalue weighted by Gasteiger charge is 2.53. The average Bonchev–Trinajstić information content (AvgIpc) is 3.25. The van der Waals surface area contributed by atoms with E-state index in [1.807, 2.05) is 49.1 Å². The SMILES string of the molecule is Cc1ccc(C(=O)NCC23CCCC2CCN3C(=O)c2nnccc2C)cc1. The third-order valence-electron chi connectivity index (χ3n) is 6.40. The first-order valence-corrected chi connectivity index (χ1v) is 9.96. The molecule has 1 saturated heterocycles. The fourth-order valence-electron chi connectivity index (χ4n) is 4.81. The second-order valence-corrected chi connectivity index (χ2v) is 8.05. The van der Waals surface area contributed by atoms with Crippen molar-refractivity contribution in [2.45, 2.75) is 45.1 Å². The Morgan fingerprint density at radius 2 is 1.96 bits per heavy atom. The molecular formula is C22H26N4O2. The molecule has 1 aliphatic carbocycles. The minimum atomic E-state index is -0.318. The zero-order valence-corrected chi connectivity index (χ0v) is 16.4. The van der Waals surface area contributed by atoms with E-state index < -0.39 is 0 Å². The van der Waals surface area contributed by atoms with Crippen LogP contribution in [0.3, 0.4) is 0 Å². The van der Waals surface area contributed by atoms with Gasteiger partial charge in [0.1, 0.15) is 0 Å². The first kappa shape index (κ1) is 18.6. The molecule has 2 unspecified atom stereocenters. The van der Waals surface area contributed by atoms with E-state index in [9.17, 15) is 9.59 Å². The number of aromatic nitrogens is 2. The highest BCUT2D eigenvalue weighted by molar-refractivity contribution is 5.95. The number of benzene rings is 1. The van der Waals surface area contributed by atoms with Crippen LogP contribution in [0.25, 0.3) is 0 Å². The van der Waals surface area contributed by atoms with Crippen LogP contribution in [0, 0.1) is 19.8 Å². The van der Waals surface area contributed by atoms with Crippen molar-refractivity contribution in [1.29, 1.82) is 0 Å². The Labute approximate surface area is 165 Å². The number of likely N-dealkylation sites (tertiary alicyclic amines) is 1. The lowest BCUT2D eigenvalue weighted by Gasteiger charge is -2.39. The molecule has 0 spiro atoms. The molecule has 146 valence electrons. The van der Waals surface area contributed by atoms with Gasteiger partial charge in [-0.1, -0.05) is 24.1 Å². The molecule has 1 aromatic carbocycles. The van der Waals surface area contributed by atoms with E-state index in [0.717, 1.165) is 36.8 Å². The zero-order chi connectivity index (χ0) is 19.7. The molecule has 2 fully saturated rings. The van der Waals surface area contributed by atoms with Gasteiger partial charge >= 0.3 is 0 Å². The van der Waals surface area contributed by atoms with Crippen molar-refractivity contribution in [2.24, 2.45) is 5.92 Å². The van der Waals surface area contributed by atoms with Crippen LogP contribution in [0.15, 0.2) is 36.5 Å². The van der Waals surface area contributed by atoms with E-state index in [1.54, 1.807) is 6.20 Å². The molecule has 1 N–H and O–H groups in total. The van der Waals surface area contributed by atoms with Crippen molar-refractivity contribution in [3.05, 3.63) is 58.9 Å². The van der Waals surface area contributed by atoms with Gasteiger partial charge in [-0.25, -0.2) is 0 Å². The number of aryl methyl sites for hydroxylation is 2. The van der Waals surface area contributed by atoms with Crippen LogP contribution in [0.2, 0.25) is 0 Å². The van der Waals surface area contributed by atoms with Crippen molar-refractivity contribution < 1.29 is 9.59 Å². The number of rotatable bonds is 4. The number of carbonyl (C=O) groups is 2. The standard InChI is InChI=1S/C22H26N4O2/c1-15-5-7-17(8-6-15)20(27)23-14-22-11-3-4-18(22)10-13-26(22)21(28)19-16(2)9-12-24-25-19/h5-9,12,18H,3-4,10-11,13-14H2,1-2H3,(H,23,27). The maximum atomic E-state index is 13.3. The normalized spacial score (nSPS) is 23.5. The molecule has 0 bridgehead atoms. The Bertz CT molecular complexity index is 896. The van der Waals surface area contributed by atoms with Gasteiger partial charge in [0.15, 0.2) is 5.69 Å². The highest BCUT2D eigenvalue weighted by atomic mass is 16.2. The third-order valence-corrected chi connectivity index (χ3v) is 6.40. The predicted molar refractivity (Wildman–Crippen MR) is 106 cm³/mol. The van der Waals surface area contributed by atoms with Crippen LogP contribution in [0.4, 0.5) is 0 Å². The molecule has 1 aliphatic heterocycles. The molecule has 6 nitrogen and oxygen atoms in total. The molecule has 1 aromatic heterocycles. The summed E-state index contributed by atoms with van der Waals surface area (Å²) in [6.07, 6.45) is 5.67. The number of hydrogen-bond acceptors (Lipinski definition) is 4. The molecule has 2 aromatic rings. The summed E-state index contributed by atoms with van der Waals surface area (Å²) >= 11 is 0. The maximum absolute atomic E-state index is 13.3. The number of fused-ring (bicyclic) bond motifs is 1. The van der Waals surface area contributed by atoms with Crippen LogP contribution in [0.5, 0.6) is 0 Å². The van der Waals surface area contributed by atoms with E-state index in [-0.39, 0.29) is 17.4 Å². The summed E-state index contributed by atoms with van der Waals surface area (Å²) in [5.74, 6) is 0.265. The Kier molecular flexibility index (Phi) is 4.87. The molecule has 2 heterocycles. The van der Waals surface area contributed by atoms with Crippen molar-refractivity contribution in [3.8, 4) is 0 Å². The van der Waals surface area contributed by atoms with Crippen LogP contribution in [-0.2, 0) is 0 Å². The number of hydrogen-bond donors (Lipinski definition) is 1. The summed E-state index contributed by atoms with van der Waals surface area (Å²) in [7, 11) is 0. The number of nitrogens with zero attached hydrogens (tertiary/aromatic N) is 3. The number of nitrogens with one attached hydrogen (secondary N) is 1. The lowest BCUT2D eigenvalue weighted by molar-refractivity contribution is 0.0535. The predicted octanol–water partition coefficient (Wildman–Crippen LogP) is 2.91. The van der Waals surface area contributed by atoms with Gasteiger partial charge in [-0.15, -0.1) is 5.10 Å². The molecule has 6 heteroatoms. The first-order chi connectivity index (χ1) is 13.5. The van der Waals surface area contributed by atoms with Crippen LogP contribution in [-0.4, -0.2) is 45.5 Å². The van der Waals surface area contributed by atoms with Gasteiger partial charge in [-0.2, -0.15) is 5.10 Å². The molecule has 0 radical (unpaired) electrons. The molecule has 1 saturated carbocycles. The monoisotopic (exact) mass is 378 g/mol. The van der Waals surface area contributed by atoms with Gasteiger partial charge < -0.3 is 10.2 Å². The molecular weight excluding hydrogens is 352 g/mol. The van der Waals surface area contributed by atoms with E-state index >= 15 is 0 Å². The molecule has 4 rings (SSSR count). The second-order valence-electron chi connectivity index (χ2n) is 8.05. The van der Waals surface area contributed by atoms with Gasteiger partial charge in [0, 0.05) is 24.8 Å². The van der Waals surface area contributed by atoms with Crippen LogP contribution in [0.1, 0.15) is 57.7 Å². The lowest BCUT2D eigenvalue weighted by atomic mass is 9.87. The average molecular weight is 378 g/mol. The molecule has 2 atom stereocenters. The van der Waals surface area contributed by atoms with Crippen molar-refractivity contribution in [3.63, 3.8) is 0 Å². The second kappa shape index (κ2) is 7.34. The van der Waals surface area contributed by atoms with Crippen molar-refractivity contribution in [2.75, 3.05) is 13.1 Å². The Morgan fingerprint density at radius 3 is 2.71 bits per heavy atom. The number of carbonyl (C=O) groups excluding carboxylic acids is 2. The maximum Gasteiger partial charge on any atom is 0.275 e. The van der Waals surface area contributed by atoms with Gasteiger partial charge in [0.05, 0.1) is 5.54 Å². The summed E-state index contributed by atoms with van der Waals surface area (Å²) in [5, 5.41) is 11.1. The molecule has 2 aliphatic rings. The molecule has 28 heavy (non-hydrogen) atoms. The Morgan fingerprint density at radius 1 is 1.18 bits per heavy atom. The van der Waals surface area contributed by atoms with Crippen molar-refractivity contribution in [1.82, 2.24) is 20.4 Å². The summed E-state index contributed by atoms with van der Waals surface area (Å²) in [5.41, 5.74) is 2.70. The van der Waals surface area contributed by atoms with Gasteiger partial charge in [-0.3, -0.25) is 9.59 Å². The summed E-state index contributed by atoms with van der Waals surface area (Å²) in [6, 6.07) is 9.37. The van der Waals surface area contributed by atoms with E-state index in [2.05, 4.69) is 15.5 Å². The summed E-state index contributed by atoms with van der Waals surface area (Å²) < 4.78 is 0. The van der Waals surface area contributed by atoms with Gasteiger partial charge in [0.2, 0.25) is 0 Å². The fraction of sp³-hybridized carbons (Fsp3) is 0.455. The zero-order valence-electron chi connectivity index (χ0n) is 16.4. The lowest BCUT2D eigenvalue weighted by Crippen LogP contribution is -2.55. The third kappa shape index (κ3) is 3.17. The minimum absolute atomic E-state index is 0.0698. The first-order valence-electron chi connectivity index (χ1n) is 9.96. The Balaban J connectivity index is 1.55.